The number of nitrogens with one attached hydrogen (secondary N) is 19. The van der Waals surface area contributed by atoms with Crippen LogP contribution in [0.25, 0.3) is 104 Å². The molecular weight excluding hydrogens is 1750 g/mol. The number of anilines is 5. The number of hydrogen-bond acceptors (Lipinski definition) is 31. The van der Waals surface area contributed by atoms with Crippen molar-refractivity contribution in [2.45, 2.75) is 6.92 Å². The largest absolute Gasteiger partial charge is 0.510 e. The van der Waals surface area contributed by atoms with Crippen molar-refractivity contribution < 1.29 is 76.8 Å². The zero-order valence-corrected chi connectivity index (χ0v) is 71.5. The van der Waals surface area contributed by atoms with Gasteiger partial charge in [0.25, 0.3) is 70.5 Å². The summed E-state index contributed by atoms with van der Waals surface area (Å²) in [7, 11) is 12.3. The zero-order valence-electron chi connectivity index (χ0n) is 70.7. The first-order valence-electron chi connectivity index (χ1n) is 39.4. The second-order valence-electron chi connectivity index (χ2n) is 28.6. The molecule has 0 saturated heterocycles. The molecule has 0 spiro atoms. The highest BCUT2D eigenvalue weighted by Gasteiger charge is 2.31. The van der Waals surface area contributed by atoms with Crippen LogP contribution in [0.2, 0.25) is 5.02 Å². The average Bonchev–Trinajstić information content (AvgIpc) is 0.738. The van der Waals surface area contributed by atoms with Crippen LogP contribution in [0.5, 0.6) is 17.4 Å². The van der Waals surface area contributed by atoms with Crippen molar-refractivity contribution in [3.63, 3.8) is 0 Å². The summed E-state index contributed by atoms with van der Waals surface area (Å²) in [6.07, 6.45) is 4.37. The maximum atomic E-state index is 13.8. The van der Waals surface area contributed by atoms with Crippen LogP contribution < -0.4 is 118 Å². The van der Waals surface area contributed by atoms with Gasteiger partial charge in [0.15, 0.2) is 0 Å². The van der Waals surface area contributed by atoms with Crippen molar-refractivity contribution in [3.8, 4) is 28.6 Å². The number of pyridine rings is 7. The number of aromatic hydroxyl groups is 1. The Bertz CT molecular complexity index is 7860. The lowest BCUT2D eigenvalue weighted by Crippen LogP contribution is -2.35. The molecule has 47 heteroatoms. The molecule has 7 aromatic heterocycles. The highest BCUT2D eigenvalue weighted by Crippen LogP contribution is 2.40. The Balaban J connectivity index is 0.000000119. The number of halogens is 2. The number of hydrazine groups is 5. The predicted molar refractivity (Wildman–Crippen MR) is 486 cm³/mol. The van der Waals surface area contributed by atoms with Gasteiger partial charge in [-0.2, -0.15) is 10.2 Å². The summed E-state index contributed by atoms with van der Waals surface area (Å²) in [5.41, 5.74) is 37.9. The molecular formula is C86H73ClFN29O16. The first-order chi connectivity index (χ1) is 64.1. The van der Waals surface area contributed by atoms with Gasteiger partial charge in [-0.3, -0.25) is 127 Å². The summed E-state index contributed by atoms with van der Waals surface area (Å²) in [4.78, 5) is 168. The Morgan fingerprint density at radius 3 is 1.50 bits per heavy atom. The average molecular weight is 1820 g/mol. The molecule has 0 radical (unpaired) electrons. The molecule has 133 heavy (non-hydrogen) atoms. The number of amides is 11. The first kappa shape index (κ1) is 89.0. The molecule has 0 atom stereocenters. The minimum Gasteiger partial charge on any atom is -0.510 e. The van der Waals surface area contributed by atoms with Crippen molar-refractivity contribution in [2.75, 3.05) is 83.6 Å². The third-order valence-electron chi connectivity index (χ3n) is 21.1. The minimum atomic E-state index is -0.511. The Labute approximate surface area is 749 Å². The van der Waals surface area contributed by atoms with Crippen LogP contribution in [0.4, 0.5) is 32.8 Å². The molecule has 23 N–H and O–H groups in total. The fourth-order valence-corrected chi connectivity index (χ4v) is 15.0. The van der Waals surface area contributed by atoms with Crippen LogP contribution >= 0.6 is 11.6 Å². The summed E-state index contributed by atoms with van der Waals surface area (Å²) in [5, 5.41) is 57.8. The normalized spacial score (nSPS) is 12.7. The number of benzene rings is 7. The quantitative estimate of drug-likeness (QED) is 0.0714. The maximum absolute atomic E-state index is 13.8. The molecule has 14 aromatic rings. The van der Waals surface area contributed by atoms with Crippen molar-refractivity contribution in [3.05, 3.63) is 233 Å². The summed E-state index contributed by atoms with van der Waals surface area (Å²) >= 11 is 6.07. The SMILES string of the molecule is CC(O)=c1cc2nnc(=O)c3ccc(F)c([nH]1)c3-2.CNC(=O)c1cc2c3c(ccc(OC)c3n1)C(=O)NN2.CNC(=O)c1cc2c3c(cccc3n1)C(=O)NN2.CNC(=O)c1cc2n[nH]c(O)c3ccc(=NN)c([nH]1)c23.CNC(=O)c1cnc2c(Cl)ccc3c2c1NNC3=O.CNC(=O)c1cnc2c(OC)ccc3c2c1NNC3=O.CNC(=O)c1cnc2cccc3c2c1NNC3=O. The van der Waals surface area contributed by atoms with Gasteiger partial charge in [0.05, 0.1) is 142 Å². The summed E-state index contributed by atoms with van der Waals surface area (Å²) in [6, 6.07) is 32.6. The third-order valence-corrected chi connectivity index (χ3v) is 21.4. The Morgan fingerprint density at radius 2 is 0.940 bits per heavy atom. The number of carbonyl (C=O) groups is 11. The van der Waals surface area contributed by atoms with Gasteiger partial charge >= 0.3 is 0 Å². The van der Waals surface area contributed by atoms with Crippen molar-refractivity contribution >= 4 is 198 Å². The van der Waals surface area contributed by atoms with Gasteiger partial charge in [0.2, 0.25) is 5.88 Å². The van der Waals surface area contributed by atoms with E-state index < -0.39 is 11.4 Å². The monoisotopic (exact) mass is 1820 g/mol. The maximum Gasteiger partial charge on any atom is 0.296 e. The number of methoxy groups -OCH3 is 2. The van der Waals surface area contributed by atoms with E-state index in [9.17, 15) is 72.1 Å². The molecule has 672 valence electrons. The number of rotatable bonds is 8. The number of hydrogen-bond donors (Lipinski definition) is 22. The fraction of sp³-hybridized carbons (Fsp3) is 0.105. The molecule has 7 aliphatic rings. The molecule has 0 bridgehead atoms. The molecule has 45 nitrogen and oxygen atoms in total. The molecule has 21 rings (SSSR count). The van der Waals surface area contributed by atoms with Crippen LogP contribution in [-0.4, -0.2) is 187 Å². The van der Waals surface area contributed by atoms with Gasteiger partial charge in [-0.1, -0.05) is 23.7 Å². The molecule has 0 unspecified atom stereocenters. The number of aliphatic hydroxyl groups excluding tert-OH is 1. The fourth-order valence-electron chi connectivity index (χ4n) is 14.8. The van der Waals surface area contributed by atoms with E-state index in [0.717, 1.165) is 5.39 Å². The van der Waals surface area contributed by atoms with Gasteiger partial charge in [-0.25, -0.2) is 19.5 Å². The van der Waals surface area contributed by atoms with E-state index in [0.29, 0.717) is 199 Å². The molecule has 0 aliphatic carbocycles. The second kappa shape index (κ2) is 37.0. The Morgan fingerprint density at radius 1 is 0.459 bits per heavy atom. The second-order valence-corrected chi connectivity index (χ2v) is 29.0. The Kier molecular flexibility index (Phi) is 24.8. The number of nitrogens with two attached hydrogens (primary N) is 1. The molecule has 14 heterocycles. The highest BCUT2D eigenvalue weighted by molar-refractivity contribution is 6.37. The zero-order chi connectivity index (χ0) is 94.7. The summed E-state index contributed by atoms with van der Waals surface area (Å²) in [6.45, 7) is 1.47. The number of carbonyl (C=O) groups excluding carboxylic acids is 11. The van der Waals surface area contributed by atoms with Crippen LogP contribution in [-0.2, 0) is 0 Å². The van der Waals surface area contributed by atoms with Crippen molar-refractivity contribution in [1.82, 2.24) is 114 Å². The third kappa shape index (κ3) is 16.6. The first-order valence-corrected chi connectivity index (χ1v) is 39.8. The van der Waals surface area contributed by atoms with Crippen LogP contribution in [0, 0.1) is 5.82 Å². The van der Waals surface area contributed by atoms with Gasteiger partial charge in [0.1, 0.15) is 56.5 Å². The van der Waals surface area contributed by atoms with Gasteiger partial charge < -0.3 is 67.4 Å². The Hall–Kier alpha value is -18.8. The standard InChI is InChI=1S/2C13H12N4O3.C12H9ClN4O2.C12H8FN3O2.C12H12N6O2.2C12H10N4O2/c1-14-13(19)8-5-7-10-6(12(18)17-16-7)3-4-9(20-2)11(10)15-8;1-14-12(18)7-5-15-11-8(20-2)4-3-6-9(11)10(7)16-17-13(6)19;1-14-11(18)6-4-15-10-7(13)3-2-5-8(10)9(6)16-17-12(5)19;1-5(17)8-4-9-10-6(12(18)16-15-9)2-3-7(13)11(10)14-8;1-14-12(20)8-4-7-9-5(11(19)18-17-7)2-3-6(16-13)10(9)15-8;1-13-11(17)7-5-14-8-4-2-3-6-9(8)10(7)15-16-12(6)18;1-13-12(18)9-5-8-10-6(11(17)16-15-8)3-2-4-7(10)14-9/h3-5,16H,1-2H3,(H,14,19)(H,17,18);3-5,16H,1-2H3,(H,14,18)(H,17,19);2-4,16H,1H3,(H,14,18)(H,17,19);2-4,14,17H,1H3;2-4,15,18-19H,13H2,1H3,(H,14,20);2-5,15H,1H3,(H,13,17)(H,16,18);2-5,15H,1H3,(H,13,18)(H,16,17). The van der Waals surface area contributed by atoms with Crippen LogP contribution in [0.15, 0.2) is 150 Å². The van der Waals surface area contributed by atoms with Gasteiger partial charge in [0, 0.05) is 104 Å². The molecule has 7 aliphatic heterocycles. The van der Waals surface area contributed by atoms with E-state index in [1.807, 2.05) is 0 Å². The lowest BCUT2D eigenvalue weighted by Gasteiger charge is -2.22. The predicted octanol–water partition coefficient (Wildman–Crippen LogP) is 4.84. The number of nitrogens with zero attached hydrogens (tertiary/aromatic N) is 9. The van der Waals surface area contributed by atoms with E-state index >= 15 is 0 Å². The summed E-state index contributed by atoms with van der Waals surface area (Å²) < 4.78 is 24.3. The number of ether oxygens (including phenoxy) is 2. The van der Waals surface area contributed by atoms with Gasteiger partial charge in [-0.15, -0.1) is 10.2 Å². The van der Waals surface area contributed by atoms with E-state index in [2.05, 4.69) is 147 Å². The minimum absolute atomic E-state index is 0.00468. The topological polar surface area (TPSA) is 645 Å². The molecule has 11 amide bonds. The lowest BCUT2D eigenvalue weighted by atomic mass is 10.0. The van der Waals surface area contributed by atoms with E-state index in [4.69, 9.17) is 26.9 Å². The molecule has 0 saturated carbocycles. The van der Waals surface area contributed by atoms with Crippen LogP contribution in [0.3, 0.4) is 0 Å². The number of aliphatic hydroxyl groups is 1. The number of H-pyrrole nitrogens is 3. The highest BCUT2D eigenvalue weighted by atomic mass is 35.5. The van der Waals surface area contributed by atoms with Crippen molar-refractivity contribution in [1.29, 1.82) is 0 Å². The smallest absolute Gasteiger partial charge is 0.296 e. The van der Waals surface area contributed by atoms with Gasteiger partial charge in [-0.05, 0) is 116 Å². The molecule has 0 fully saturated rings. The van der Waals surface area contributed by atoms with Crippen molar-refractivity contribution in [2.24, 2.45) is 10.9 Å². The molecule has 7 aromatic carbocycles. The number of aromatic amines is 3. The summed E-state index contributed by atoms with van der Waals surface area (Å²) in [5.74, 6) is 2.90. The number of aromatic nitrogens is 11. The lowest BCUT2D eigenvalue weighted by molar-refractivity contribution is 0.0948. The van der Waals surface area contributed by atoms with Crippen LogP contribution in [0.1, 0.15) is 121 Å². The van der Waals surface area contributed by atoms with E-state index in [1.165, 1.54) is 86.1 Å². The van der Waals surface area contributed by atoms with E-state index in [1.54, 1.807) is 117 Å². The van der Waals surface area contributed by atoms with E-state index in [-0.39, 0.29) is 87.8 Å².